The van der Waals surface area contributed by atoms with Crippen molar-refractivity contribution in [3.8, 4) is 0 Å². The molecule has 1 fully saturated rings. The molecule has 2 bridgehead atoms. The van der Waals surface area contributed by atoms with Gasteiger partial charge in [-0.1, -0.05) is 19.1 Å². The second kappa shape index (κ2) is 6.55. The number of ether oxygens (including phenoxy) is 1. The predicted octanol–water partition coefficient (Wildman–Crippen LogP) is 2.99. The van der Waals surface area contributed by atoms with Gasteiger partial charge in [0.05, 0.1) is 0 Å². The smallest absolute Gasteiger partial charge is 0.0478 e. The van der Waals surface area contributed by atoms with Crippen LogP contribution >= 0.6 is 0 Å². The molecule has 4 atom stereocenters. The minimum absolute atomic E-state index is 0.668. The monoisotopic (exact) mass is 237 g/mol. The van der Waals surface area contributed by atoms with Gasteiger partial charge in [0.1, 0.15) is 0 Å². The van der Waals surface area contributed by atoms with E-state index in [0.29, 0.717) is 6.04 Å². The Morgan fingerprint density at radius 3 is 2.82 bits per heavy atom. The van der Waals surface area contributed by atoms with E-state index in [-0.39, 0.29) is 0 Å². The molecule has 2 aliphatic carbocycles. The summed E-state index contributed by atoms with van der Waals surface area (Å²) in [6.07, 6.45) is 9.95. The highest BCUT2D eigenvalue weighted by Gasteiger charge is 2.38. The normalized spacial score (nSPS) is 32.2. The summed E-state index contributed by atoms with van der Waals surface area (Å²) in [6, 6.07) is 0.668. The zero-order valence-electron chi connectivity index (χ0n) is 11.3. The molecule has 0 heterocycles. The Kier molecular flexibility index (Phi) is 5.05. The number of rotatable bonds is 8. The molecule has 0 radical (unpaired) electrons. The van der Waals surface area contributed by atoms with Crippen molar-refractivity contribution in [3.63, 3.8) is 0 Å². The van der Waals surface area contributed by atoms with Crippen LogP contribution in [0.2, 0.25) is 0 Å². The van der Waals surface area contributed by atoms with E-state index < -0.39 is 0 Å². The molecule has 0 spiro atoms. The van der Waals surface area contributed by atoms with Crippen LogP contribution in [0.25, 0.3) is 0 Å². The Bertz CT molecular complexity index is 251. The lowest BCUT2D eigenvalue weighted by Gasteiger charge is -2.26. The van der Waals surface area contributed by atoms with Crippen LogP contribution in [0.4, 0.5) is 0 Å². The van der Waals surface area contributed by atoms with Crippen LogP contribution in [-0.2, 0) is 4.74 Å². The first kappa shape index (κ1) is 13.1. The van der Waals surface area contributed by atoms with Crippen molar-refractivity contribution in [2.45, 2.75) is 45.6 Å². The molecule has 2 heteroatoms. The molecular weight excluding hydrogens is 210 g/mol. The summed E-state index contributed by atoms with van der Waals surface area (Å²) >= 11 is 0. The maximum atomic E-state index is 5.49. The van der Waals surface area contributed by atoms with Crippen LogP contribution in [0.5, 0.6) is 0 Å². The third kappa shape index (κ3) is 3.56. The minimum Gasteiger partial charge on any atom is -0.381 e. The highest BCUT2D eigenvalue weighted by atomic mass is 16.5. The van der Waals surface area contributed by atoms with Gasteiger partial charge >= 0.3 is 0 Å². The lowest BCUT2D eigenvalue weighted by atomic mass is 9.87. The zero-order valence-corrected chi connectivity index (χ0v) is 11.3. The fourth-order valence-electron chi connectivity index (χ4n) is 3.30. The van der Waals surface area contributed by atoms with E-state index >= 15 is 0 Å². The Hall–Kier alpha value is -0.340. The van der Waals surface area contributed by atoms with Gasteiger partial charge in [-0.3, -0.25) is 0 Å². The molecule has 0 amide bonds. The van der Waals surface area contributed by atoms with E-state index in [1.807, 2.05) is 0 Å². The van der Waals surface area contributed by atoms with E-state index in [1.54, 1.807) is 0 Å². The molecule has 17 heavy (non-hydrogen) atoms. The summed E-state index contributed by atoms with van der Waals surface area (Å²) in [4.78, 5) is 0. The average molecular weight is 237 g/mol. The van der Waals surface area contributed by atoms with Gasteiger partial charge < -0.3 is 10.1 Å². The van der Waals surface area contributed by atoms with Crippen LogP contribution < -0.4 is 5.32 Å². The van der Waals surface area contributed by atoms with Gasteiger partial charge in [-0.2, -0.15) is 0 Å². The van der Waals surface area contributed by atoms with Gasteiger partial charge in [0, 0.05) is 19.3 Å². The summed E-state index contributed by atoms with van der Waals surface area (Å²) in [6.45, 7) is 7.43. The van der Waals surface area contributed by atoms with Crippen molar-refractivity contribution < 1.29 is 4.74 Å². The molecule has 98 valence electrons. The summed E-state index contributed by atoms with van der Waals surface area (Å²) in [5.74, 6) is 2.63. The molecular formula is C15H27NO. The number of fused-ring (bicyclic) bond motifs is 2. The van der Waals surface area contributed by atoms with Crippen molar-refractivity contribution in [1.29, 1.82) is 0 Å². The van der Waals surface area contributed by atoms with Gasteiger partial charge in [-0.15, -0.1) is 0 Å². The van der Waals surface area contributed by atoms with Gasteiger partial charge in [-0.25, -0.2) is 0 Å². The SMILES string of the molecule is CCCOCCCNC(C)C1CC2C=CC1C2. The fraction of sp³-hybridized carbons (Fsp3) is 0.867. The lowest BCUT2D eigenvalue weighted by Crippen LogP contribution is -2.36. The lowest BCUT2D eigenvalue weighted by molar-refractivity contribution is 0.131. The fourth-order valence-corrected chi connectivity index (χ4v) is 3.30. The predicted molar refractivity (Wildman–Crippen MR) is 72.0 cm³/mol. The number of allylic oxidation sites excluding steroid dienone is 2. The highest BCUT2D eigenvalue weighted by molar-refractivity contribution is 5.11. The largest absolute Gasteiger partial charge is 0.381 e. The van der Waals surface area contributed by atoms with Crippen LogP contribution in [0.1, 0.15) is 39.5 Å². The van der Waals surface area contributed by atoms with Gasteiger partial charge in [-0.05, 0) is 56.9 Å². The van der Waals surface area contributed by atoms with E-state index in [4.69, 9.17) is 4.74 Å². The average Bonchev–Trinajstić information content (AvgIpc) is 2.95. The van der Waals surface area contributed by atoms with Gasteiger partial charge in [0.15, 0.2) is 0 Å². The van der Waals surface area contributed by atoms with E-state index in [9.17, 15) is 0 Å². The molecule has 0 aromatic heterocycles. The standard InChI is InChI=1S/C15H27NO/c1-3-8-17-9-4-7-16-12(2)15-11-13-5-6-14(15)10-13/h5-6,12-16H,3-4,7-11H2,1-2H3. The van der Waals surface area contributed by atoms with Crippen molar-refractivity contribution >= 4 is 0 Å². The number of hydrogen-bond donors (Lipinski definition) is 1. The van der Waals surface area contributed by atoms with Gasteiger partial charge in [0.2, 0.25) is 0 Å². The second-order valence-electron chi connectivity index (χ2n) is 5.65. The van der Waals surface area contributed by atoms with E-state index in [2.05, 4.69) is 31.3 Å². The maximum Gasteiger partial charge on any atom is 0.0478 e. The molecule has 0 aromatic rings. The molecule has 4 unspecified atom stereocenters. The van der Waals surface area contributed by atoms with E-state index in [1.165, 1.54) is 12.8 Å². The van der Waals surface area contributed by atoms with Crippen molar-refractivity contribution in [2.24, 2.45) is 17.8 Å². The Balaban J connectivity index is 1.55. The van der Waals surface area contributed by atoms with Crippen LogP contribution in [-0.4, -0.2) is 25.8 Å². The summed E-state index contributed by atoms with van der Waals surface area (Å²) in [5.41, 5.74) is 0. The Morgan fingerprint density at radius 2 is 2.18 bits per heavy atom. The maximum absolute atomic E-state index is 5.49. The molecule has 0 aliphatic heterocycles. The molecule has 2 nitrogen and oxygen atoms in total. The van der Waals surface area contributed by atoms with E-state index in [0.717, 1.165) is 50.4 Å². The third-order valence-electron chi connectivity index (χ3n) is 4.25. The van der Waals surface area contributed by atoms with Crippen LogP contribution in [0, 0.1) is 17.8 Å². The topological polar surface area (TPSA) is 21.3 Å². The van der Waals surface area contributed by atoms with Crippen molar-refractivity contribution in [2.75, 3.05) is 19.8 Å². The molecule has 2 rings (SSSR count). The molecule has 1 saturated carbocycles. The summed E-state index contributed by atoms with van der Waals surface area (Å²) in [7, 11) is 0. The van der Waals surface area contributed by atoms with Crippen LogP contribution in [0.3, 0.4) is 0 Å². The molecule has 1 N–H and O–H groups in total. The number of hydrogen-bond acceptors (Lipinski definition) is 2. The molecule has 0 aromatic carbocycles. The first-order valence-electron chi connectivity index (χ1n) is 7.30. The van der Waals surface area contributed by atoms with Crippen LogP contribution in [0.15, 0.2) is 12.2 Å². The third-order valence-corrected chi connectivity index (χ3v) is 4.25. The highest BCUT2D eigenvalue weighted by Crippen LogP contribution is 2.44. The minimum atomic E-state index is 0.668. The van der Waals surface area contributed by atoms with Crippen molar-refractivity contribution in [3.05, 3.63) is 12.2 Å². The Morgan fingerprint density at radius 1 is 1.29 bits per heavy atom. The first-order valence-corrected chi connectivity index (χ1v) is 7.30. The Labute approximate surface area is 106 Å². The second-order valence-corrected chi connectivity index (χ2v) is 5.65. The summed E-state index contributed by atoms with van der Waals surface area (Å²) in [5, 5.41) is 3.67. The van der Waals surface area contributed by atoms with Crippen molar-refractivity contribution in [1.82, 2.24) is 5.32 Å². The quantitative estimate of drug-likeness (QED) is 0.517. The summed E-state index contributed by atoms with van der Waals surface area (Å²) < 4.78 is 5.49. The first-order chi connectivity index (χ1) is 8.31. The zero-order chi connectivity index (χ0) is 12.1. The molecule has 0 saturated heterocycles. The molecule has 2 aliphatic rings. The number of nitrogens with one attached hydrogen (secondary N) is 1. The van der Waals surface area contributed by atoms with Gasteiger partial charge in [0.25, 0.3) is 0 Å².